The highest BCUT2D eigenvalue weighted by Crippen LogP contribution is 2.18. The molecule has 0 fully saturated rings. The van der Waals surface area contributed by atoms with E-state index in [1.54, 1.807) is 6.07 Å². The molecule has 0 saturated carbocycles. The van der Waals surface area contributed by atoms with Crippen LogP contribution in [0.15, 0.2) is 28.7 Å². The smallest absolute Gasteiger partial charge is 0.336 e. The molecule has 0 aliphatic rings. The first-order valence-corrected chi connectivity index (χ1v) is 4.74. The van der Waals surface area contributed by atoms with Crippen molar-refractivity contribution in [1.29, 1.82) is 0 Å². The average Bonchev–Trinajstić information content (AvgIpc) is 2.15. The van der Waals surface area contributed by atoms with Gasteiger partial charge in [0.05, 0.1) is 5.56 Å². The van der Waals surface area contributed by atoms with E-state index in [-0.39, 0.29) is 5.56 Å². The van der Waals surface area contributed by atoms with Crippen LogP contribution < -0.4 is 0 Å². The molecule has 0 heterocycles. The molecule has 0 aromatic heterocycles. The molecule has 0 atom stereocenters. The summed E-state index contributed by atoms with van der Waals surface area (Å²) in [5.74, 6) is -2.21. The standard InChI is InChI=1S/C10H7BrO4/c11-7-3-1-6(2-4-9(12)13)8(5-7)10(14)15/h1-5H,(H,12,13)(H,14,15). The largest absolute Gasteiger partial charge is 0.478 e. The lowest BCUT2D eigenvalue weighted by atomic mass is 10.1. The predicted molar refractivity (Wildman–Crippen MR) is 57.8 cm³/mol. The predicted octanol–water partition coefficient (Wildman–Crippen LogP) is 2.25. The van der Waals surface area contributed by atoms with Crippen molar-refractivity contribution >= 4 is 33.9 Å². The summed E-state index contributed by atoms with van der Waals surface area (Å²) in [6, 6.07) is 4.60. The number of hydrogen-bond donors (Lipinski definition) is 2. The van der Waals surface area contributed by atoms with E-state index in [1.807, 2.05) is 0 Å². The maximum absolute atomic E-state index is 10.8. The second kappa shape index (κ2) is 4.75. The Labute approximate surface area is 94.0 Å². The number of carboxylic acids is 2. The van der Waals surface area contributed by atoms with Crippen LogP contribution in [0.2, 0.25) is 0 Å². The molecule has 78 valence electrons. The molecular formula is C10H7BrO4. The van der Waals surface area contributed by atoms with Gasteiger partial charge in [-0.2, -0.15) is 0 Å². The first-order valence-electron chi connectivity index (χ1n) is 3.94. The van der Waals surface area contributed by atoms with Gasteiger partial charge in [0.1, 0.15) is 0 Å². The summed E-state index contributed by atoms with van der Waals surface area (Å²) in [5.41, 5.74) is 0.412. The summed E-state index contributed by atoms with van der Waals surface area (Å²) in [6.45, 7) is 0. The molecule has 4 nitrogen and oxygen atoms in total. The van der Waals surface area contributed by atoms with E-state index in [0.29, 0.717) is 10.0 Å². The summed E-state index contributed by atoms with van der Waals surface area (Å²) in [6.07, 6.45) is 2.15. The zero-order chi connectivity index (χ0) is 11.4. The molecule has 0 amide bonds. The Balaban J connectivity index is 3.17. The van der Waals surface area contributed by atoms with Gasteiger partial charge in [-0.3, -0.25) is 0 Å². The van der Waals surface area contributed by atoms with E-state index < -0.39 is 11.9 Å². The van der Waals surface area contributed by atoms with Gasteiger partial charge in [-0.1, -0.05) is 22.0 Å². The minimum atomic E-state index is -1.12. The van der Waals surface area contributed by atoms with E-state index in [4.69, 9.17) is 10.2 Å². The molecule has 1 aromatic rings. The molecule has 0 saturated heterocycles. The van der Waals surface area contributed by atoms with Crippen molar-refractivity contribution in [2.24, 2.45) is 0 Å². The number of hydrogen-bond acceptors (Lipinski definition) is 2. The molecule has 1 rings (SSSR count). The maximum Gasteiger partial charge on any atom is 0.336 e. The molecule has 5 heteroatoms. The highest BCUT2D eigenvalue weighted by atomic mass is 79.9. The average molecular weight is 271 g/mol. The van der Waals surface area contributed by atoms with Gasteiger partial charge in [0.2, 0.25) is 0 Å². The summed E-state index contributed by atoms with van der Waals surface area (Å²) in [4.78, 5) is 21.1. The third kappa shape index (κ3) is 3.21. The molecule has 15 heavy (non-hydrogen) atoms. The first-order chi connectivity index (χ1) is 7.00. The number of carbonyl (C=O) groups is 2. The molecule has 0 bridgehead atoms. The number of benzene rings is 1. The number of carboxylic acid groups (broad SMARTS) is 2. The second-order valence-corrected chi connectivity index (χ2v) is 3.62. The lowest BCUT2D eigenvalue weighted by molar-refractivity contribution is -0.131. The highest BCUT2D eigenvalue weighted by Gasteiger charge is 2.08. The quantitative estimate of drug-likeness (QED) is 0.827. The summed E-state index contributed by atoms with van der Waals surface area (Å²) in [7, 11) is 0. The number of aliphatic carboxylic acids is 1. The minimum absolute atomic E-state index is 0.0573. The van der Waals surface area contributed by atoms with Crippen molar-refractivity contribution in [3.8, 4) is 0 Å². The van der Waals surface area contributed by atoms with Crippen LogP contribution in [0.4, 0.5) is 0 Å². The van der Waals surface area contributed by atoms with Crippen molar-refractivity contribution in [2.75, 3.05) is 0 Å². The molecule has 0 aliphatic heterocycles. The zero-order valence-corrected chi connectivity index (χ0v) is 9.06. The SMILES string of the molecule is O=C(O)C=Cc1ccc(Br)cc1C(=O)O. The Morgan fingerprint density at radius 1 is 1.27 bits per heavy atom. The molecule has 2 N–H and O–H groups in total. The van der Waals surface area contributed by atoms with E-state index in [2.05, 4.69) is 15.9 Å². The van der Waals surface area contributed by atoms with Gasteiger partial charge in [-0.05, 0) is 23.8 Å². The van der Waals surface area contributed by atoms with Crippen LogP contribution in [0.5, 0.6) is 0 Å². The molecule has 0 spiro atoms. The Kier molecular flexibility index (Phi) is 3.62. The monoisotopic (exact) mass is 270 g/mol. The first kappa shape index (κ1) is 11.5. The van der Waals surface area contributed by atoms with Crippen LogP contribution in [0.3, 0.4) is 0 Å². The van der Waals surface area contributed by atoms with Crippen LogP contribution >= 0.6 is 15.9 Å². The van der Waals surface area contributed by atoms with Crippen LogP contribution in [0.1, 0.15) is 15.9 Å². The second-order valence-electron chi connectivity index (χ2n) is 2.71. The third-order valence-electron chi connectivity index (χ3n) is 1.65. The van der Waals surface area contributed by atoms with E-state index >= 15 is 0 Å². The fourth-order valence-electron chi connectivity index (χ4n) is 1.02. The summed E-state index contributed by atoms with van der Waals surface area (Å²) >= 11 is 3.14. The Hall–Kier alpha value is -1.62. The van der Waals surface area contributed by atoms with Crippen LogP contribution in [-0.2, 0) is 4.79 Å². The van der Waals surface area contributed by atoms with Crippen LogP contribution in [-0.4, -0.2) is 22.2 Å². The van der Waals surface area contributed by atoms with Gasteiger partial charge in [0.25, 0.3) is 0 Å². The number of aromatic carboxylic acids is 1. The molecule has 1 aromatic carbocycles. The normalized spacial score (nSPS) is 10.5. The Morgan fingerprint density at radius 2 is 1.93 bits per heavy atom. The minimum Gasteiger partial charge on any atom is -0.478 e. The van der Waals surface area contributed by atoms with E-state index in [0.717, 1.165) is 6.08 Å². The fraction of sp³-hybridized carbons (Fsp3) is 0. The van der Waals surface area contributed by atoms with Gasteiger partial charge < -0.3 is 10.2 Å². The van der Waals surface area contributed by atoms with Gasteiger partial charge in [-0.25, -0.2) is 9.59 Å². The topological polar surface area (TPSA) is 74.6 Å². The third-order valence-corrected chi connectivity index (χ3v) is 2.14. The Bertz CT molecular complexity index is 437. The lowest BCUT2D eigenvalue weighted by Crippen LogP contribution is -1.99. The highest BCUT2D eigenvalue weighted by molar-refractivity contribution is 9.10. The lowest BCUT2D eigenvalue weighted by Gasteiger charge is -2.01. The summed E-state index contributed by atoms with van der Waals surface area (Å²) in [5, 5.41) is 17.3. The van der Waals surface area contributed by atoms with Gasteiger partial charge in [0, 0.05) is 10.5 Å². The summed E-state index contributed by atoms with van der Waals surface area (Å²) < 4.78 is 0.632. The van der Waals surface area contributed by atoms with Gasteiger partial charge >= 0.3 is 11.9 Å². The molecule has 0 radical (unpaired) electrons. The fourth-order valence-corrected chi connectivity index (χ4v) is 1.38. The molecule has 0 aliphatic carbocycles. The van der Waals surface area contributed by atoms with Crippen LogP contribution in [0, 0.1) is 0 Å². The van der Waals surface area contributed by atoms with E-state index in [9.17, 15) is 9.59 Å². The van der Waals surface area contributed by atoms with Crippen LogP contribution in [0.25, 0.3) is 6.08 Å². The molecule has 0 unspecified atom stereocenters. The molecular weight excluding hydrogens is 264 g/mol. The number of rotatable bonds is 3. The number of halogens is 1. The van der Waals surface area contributed by atoms with Gasteiger partial charge in [0.15, 0.2) is 0 Å². The Morgan fingerprint density at radius 3 is 2.47 bits per heavy atom. The van der Waals surface area contributed by atoms with Crippen molar-refractivity contribution in [3.63, 3.8) is 0 Å². The maximum atomic E-state index is 10.8. The van der Waals surface area contributed by atoms with Crippen molar-refractivity contribution in [3.05, 3.63) is 39.9 Å². The van der Waals surface area contributed by atoms with Crippen molar-refractivity contribution < 1.29 is 19.8 Å². The van der Waals surface area contributed by atoms with E-state index in [1.165, 1.54) is 18.2 Å². The van der Waals surface area contributed by atoms with Crippen molar-refractivity contribution in [1.82, 2.24) is 0 Å². The van der Waals surface area contributed by atoms with Gasteiger partial charge in [-0.15, -0.1) is 0 Å². The zero-order valence-electron chi connectivity index (χ0n) is 7.48. The van der Waals surface area contributed by atoms with Crippen molar-refractivity contribution in [2.45, 2.75) is 0 Å².